The molecule has 0 spiro atoms. The first kappa shape index (κ1) is 24.3. The monoisotopic (exact) mass is 464 g/mol. The summed E-state index contributed by atoms with van der Waals surface area (Å²) in [6.45, 7) is 4.34. The second kappa shape index (κ2) is 10.5. The Morgan fingerprint density at radius 2 is 1.18 bits per heavy atom. The molecule has 1 saturated heterocycles. The molecule has 1 aliphatic rings. The number of amides is 2. The zero-order valence-corrected chi connectivity index (χ0v) is 18.7. The van der Waals surface area contributed by atoms with E-state index in [1.54, 1.807) is 34.1 Å². The first-order valence-electron chi connectivity index (χ1n) is 10.6. The smallest absolute Gasteiger partial charge is 0.270 e. The van der Waals surface area contributed by atoms with Gasteiger partial charge in [0.2, 0.25) is 11.8 Å². The largest absolute Gasteiger partial charge is 0.333 e. The number of nitro benzene ring substituents is 2. The summed E-state index contributed by atoms with van der Waals surface area (Å²) < 4.78 is 0. The number of nitro groups is 2. The molecular weight excluding hydrogens is 440 g/mol. The van der Waals surface area contributed by atoms with E-state index in [2.05, 4.69) is 0 Å². The fourth-order valence-corrected chi connectivity index (χ4v) is 3.75. The molecule has 0 aliphatic carbocycles. The molecule has 0 saturated carbocycles. The Kier molecular flexibility index (Phi) is 7.52. The van der Waals surface area contributed by atoms with Gasteiger partial charge in [0.15, 0.2) is 0 Å². The van der Waals surface area contributed by atoms with E-state index in [1.807, 2.05) is 13.8 Å². The Labute approximate surface area is 196 Å². The number of carbonyl (C=O) groups excluding carboxylic acids is 2. The van der Waals surface area contributed by atoms with E-state index >= 15 is 0 Å². The van der Waals surface area contributed by atoms with Gasteiger partial charge in [0.1, 0.15) is 0 Å². The molecule has 34 heavy (non-hydrogen) atoms. The summed E-state index contributed by atoms with van der Waals surface area (Å²) in [5.41, 5.74) is 0.982. The first-order valence-corrected chi connectivity index (χ1v) is 10.6. The third-order valence-electron chi connectivity index (χ3n) is 5.55. The lowest BCUT2D eigenvalue weighted by Gasteiger charge is -2.43. The molecule has 0 unspecified atom stereocenters. The van der Waals surface area contributed by atoms with Crippen molar-refractivity contribution >= 4 is 35.3 Å². The number of hydrogen-bond acceptors (Lipinski definition) is 6. The molecule has 0 N–H and O–H groups in total. The normalized spacial score (nSPS) is 18.4. The highest BCUT2D eigenvalue weighted by atomic mass is 16.6. The van der Waals surface area contributed by atoms with Gasteiger partial charge in [-0.1, -0.05) is 24.3 Å². The third kappa shape index (κ3) is 5.91. The van der Waals surface area contributed by atoms with Crippen molar-refractivity contribution in [1.29, 1.82) is 0 Å². The minimum Gasteiger partial charge on any atom is -0.333 e. The quantitative estimate of drug-likeness (QED) is 0.365. The van der Waals surface area contributed by atoms with E-state index in [9.17, 15) is 29.8 Å². The van der Waals surface area contributed by atoms with Gasteiger partial charge in [-0.15, -0.1) is 0 Å². The fourth-order valence-electron chi connectivity index (χ4n) is 3.75. The molecule has 3 rings (SSSR count). The molecule has 1 fully saturated rings. The van der Waals surface area contributed by atoms with Gasteiger partial charge in [0.25, 0.3) is 11.4 Å². The van der Waals surface area contributed by atoms with Crippen LogP contribution >= 0.6 is 0 Å². The van der Waals surface area contributed by atoms with Crippen LogP contribution in [0.4, 0.5) is 11.4 Å². The summed E-state index contributed by atoms with van der Waals surface area (Å²) >= 11 is 0. The molecule has 0 radical (unpaired) electrons. The molecule has 2 atom stereocenters. The SMILES string of the molecule is C[C@@H]1CN(C(=O)/C=C\c2cccc([N+](=O)[O-])c2)[C@H](C)CN1C(=O)/C=C\c1cccc([N+](=O)[O-])c1. The van der Waals surface area contributed by atoms with Gasteiger partial charge in [-0.2, -0.15) is 0 Å². The minimum absolute atomic E-state index is 0.0538. The first-order chi connectivity index (χ1) is 16.2. The Bertz CT molecular complexity index is 1080. The maximum Gasteiger partial charge on any atom is 0.270 e. The van der Waals surface area contributed by atoms with E-state index in [0.29, 0.717) is 24.2 Å². The number of hydrogen-bond donors (Lipinski definition) is 0. The van der Waals surface area contributed by atoms with E-state index in [0.717, 1.165) is 0 Å². The minimum atomic E-state index is -0.493. The Hall–Kier alpha value is -4.34. The number of carbonyl (C=O) groups is 2. The second-order valence-electron chi connectivity index (χ2n) is 8.05. The Morgan fingerprint density at radius 1 is 0.794 bits per heavy atom. The van der Waals surface area contributed by atoms with Crippen LogP contribution in [-0.4, -0.2) is 56.6 Å². The van der Waals surface area contributed by atoms with Crippen molar-refractivity contribution in [3.8, 4) is 0 Å². The van der Waals surface area contributed by atoms with Crippen LogP contribution in [-0.2, 0) is 9.59 Å². The molecule has 1 heterocycles. The van der Waals surface area contributed by atoms with Gasteiger partial charge < -0.3 is 9.80 Å². The molecule has 1 aliphatic heterocycles. The van der Waals surface area contributed by atoms with Crippen LogP contribution in [0, 0.1) is 20.2 Å². The number of nitrogens with zero attached hydrogens (tertiary/aromatic N) is 4. The van der Waals surface area contributed by atoms with Crippen LogP contribution in [0.1, 0.15) is 25.0 Å². The lowest BCUT2D eigenvalue weighted by molar-refractivity contribution is -0.385. The Morgan fingerprint density at radius 3 is 1.53 bits per heavy atom. The molecule has 0 bridgehead atoms. The van der Waals surface area contributed by atoms with Gasteiger partial charge in [0.05, 0.1) is 9.85 Å². The molecule has 2 aromatic carbocycles. The van der Waals surface area contributed by atoms with Gasteiger partial charge >= 0.3 is 0 Å². The Balaban J connectivity index is 1.64. The maximum absolute atomic E-state index is 12.8. The summed E-state index contributed by atoms with van der Waals surface area (Å²) in [6, 6.07) is 11.5. The molecule has 2 amide bonds. The molecule has 10 heteroatoms. The van der Waals surface area contributed by atoms with Crippen LogP contribution in [0.5, 0.6) is 0 Å². The van der Waals surface area contributed by atoms with E-state index < -0.39 is 9.85 Å². The molecule has 10 nitrogen and oxygen atoms in total. The van der Waals surface area contributed by atoms with Crippen molar-refractivity contribution < 1.29 is 19.4 Å². The van der Waals surface area contributed by atoms with Crippen LogP contribution in [0.25, 0.3) is 12.2 Å². The van der Waals surface area contributed by atoms with E-state index in [-0.39, 0.29) is 35.3 Å². The highest BCUT2D eigenvalue weighted by Crippen LogP contribution is 2.19. The lowest BCUT2D eigenvalue weighted by Crippen LogP contribution is -2.59. The average molecular weight is 464 g/mol. The van der Waals surface area contributed by atoms with Crippen LogP contribution in [0.2, 0.25) is 0 Å². The van der Waals surface area contributed by atoms with Crippen molar-refractivity contribution in [3.05, 3.63) is 92.0 Å². The van der Waals surface area contributed by atoms with Crippen LogP contribution in [0.3, 0.4) is 0 Å². The number of piperazine rings is 1. The highest BCUT2D eigenvalue weighted by molar-refractivity contribution is 5.94. The van der Waals surface area contributed by atoms with Crippen molar-refractivity contribution in [2.24, 2.45) is 0 Å². The number of rotatable bonds is 6. The summed E-state index contributed by atoms with van der Waals surface area (Å²) in [4.78, 5) is 49.7. The summed E-state index contributed by atoms with van der Waals surface area (Å²) in [5, 5.41) is 21.8. The lowest BCUT2D eigenvalue weighted by atomic mass is 10.1. The zero-order chi connectivity index (χ0) is 24.8. The average Bonchev–Trinajstić information content (AvgIpc) is 2.82. The highest BCUT2D eigenvalue weighted by Gasteiger charge is 2.32. The van der Waals surface area contributed by atoms with Crippen molar-refractivity contribution in [3.63, 3.8) is 0 Å². The van der Waals surface area contributed by atoms with E-state index in [4.69, 9.17) is 0 Å². The van der Waals surface area contributed by atoms with Crippen molar-refractivity contribution in [2.45, 2.75) is 25.9 Å². The van der Waals surface area contributed by atoms with Gasteiger partial charge in [-0.25, -0.2) is 0 Å². The van der Waals surface area contributed by atoms with Gasteiger partial charge in [-0.05, 0) is 37.1 Å². The van der Waals surface area contributed by atoms with Crippen molar-refractivity contribution in [2.75, 3.05) is 13.1 Å². The molecular formula is C24H24N4O6. The standard InChI is InChI=1S/C24H24N4O6/c1-17-15-26(24(30)12-10-20-6-4-8-22(14-20)28(33)34)18(2)16-25(17)23(29)11-9-19-5-3-7-21(13-19)27(31)32/h3-14,17-18H,15-16H2,1-2H3/b11-9-,12-10-/t17-,18-/m1/s1. The maximum atomic E-state index is 12.8. The predicted molar refractivity (Wildman–Crippen MR) is 127 cm³/mol. The predicted octanol–water partition coefficient (Wildman–Crippen LogP) is 3.68. The fraction of sp³-hybridized carbons (Fsp3) is 0.250. The second-order valence-corrected chi connectivity index (χ2v) is 8.05. The van der Waals surface area contributed by atoms with Gasteiger partial charge in [-0.3, -0.25) is 29.8 Å². The third-order valence-corrected chi connectivity index (χ3v) is 5.55. The zero-order valence-electron chi connectivity index (χ0n) is 18.7. The van der Waals surface area contributed by atoms with Gasteiger partial charge in [0, 0.05) is 61.6 Å². The topological polar surface area (TPSA) is 127 Å². The number of non-ortho nitro benzene ring substituents is 2. The molecule has 0 aromatic heterocycles. The summed E-state index contributed by atoms with van der Waals surface area (Å²) in [6.07, 6.45) is 5.82. The summed E-state index contributed by atoms with van der Waals surface area (Å²) in [5.74, 6) is -0.491. The van der Waals surface area contributed by atoms with Crippen LogP contribution in [0.15, 0.2) is 60.7 Å². The molecule has 2 aromatic rings. The number of benzene rings is 2. The summed E-state index contributed by atoms with van der Waals surface area (Å²) in [7, 11) is 0. The van der Waals surface area contributed by atoms with Crippen LogP contribution < -0.4 is 0 Å². The van der Waals surface area contributed by atoms with Crippen molar-refractivity contribution in [1.82, 2.24) is 9.80 Å². The molecule has 176 valence electrons. The van der Waals surface area contributed by atoms with E-state index in [1.165, 1.54) is 48.6 Å².